The summed E-state index contributed by atoms with van der Waals surface area (Å²) >= 11 is 0. The molecule has 2 aliphatic heterocycles. The molecule has 0 spiro atoms. The van der Waals surface area contributed by atoms with Crippen molar-refractivity contribution in [3.8, 4) is 0 Å². The van der Waals surface area contributed by atoms with Crippen molar-refractivity contribution in [3.63, 3.8) is 0 Å². The zero-order valence-corrected chi connectivity index (χ0v) is 13.6. The first-order chi connectivity index (χ1) is 11.0. The molecule has 122 valence electrons. The number of carbonyl (C=O) groups is 3. The van der Waals surface area contributed by atoms with Crippen LogP contribution in [0, 0.1) is 0 Å². The van der Waals surface area contributed by atoms with Crippen molar-refractivity contribution in [1.82, 2.24) is 9.80 Å². The summed E-state index contributed by atoms with van der Waals surface area (Å²) in [5.74, 6) is -0.558. The van der Waals surface area contributed by atoms with Gasteiger partial charge in [-0.3, -0.25) is 19.3 Å². The van der Waals surface area contributed by atoms with Crippen LogP contribution in [0.1, 0.15) is 60.2 Å². The molecule has 23 heavy (non-hydrogen) atoms. The molecular weight excluding hydrogens is 292 g/mol. The van der Waals surface area contributed by atoms with Gasteiger partial charge in [-0.15, -0.1) is 0 Å². The highest BCUT2D eigenvalue weighted by Crippen LogP contribution is 2.25. The lowest BCUT2D eigenvalue weighted by Gasteiger charge is -2.39. The highest BCUT2D eigenvalue weighted by Gasteiger charge is 2.36. The number of likely N-dealkylation sites (tertiary alicyclic amines) is 1. The number of piperidine rings is 1. The SMILES string of the molecule is C[C@@H]1CCC[C@H](C)N1C(=O)CCN1C(=O)c2ccccc2C1=O. The van der Waals surface area contributed by atoms with Gasteiger partial charge in [-0.05, 0) is 45.2 Å². The molecular formula is C18H22N2O3. The molecule has 3 rings (SSSR count). The molecule has 5 heteroatoms. The Hall–Kier alpha value is -2.17. The summed E-state index contributed by atoms with van der Waals surface area (Å²) < 4.78 is 0. The number of benzene rings is 1. The quantitative estimate of drug-likeness (QED) is 0.805. The second kappa shape index (κ2) is 6.14. The molecule has 0 unspecified atom stereocenters. The first-order valence-corrected chi connectivity index (χ1v) is 8.27. The van der Waals surface area contributed by atoms with E-state index in [0.29, 0.717) is 11.1 Å². The van der Waals surface area contributed by atoms with E-state index in [1.165, 1.54) is 4.90 Å². The van der Waals surface area contributed by atoms with Crippen LogP contribution >= 0.6 is 0 Å². The monoisotopic (exact) mass is 314 g/mol. The van der Waals surface area contributed by atoms with Crippen molar-refractivity contribution < 1.29 is 14.4 Å². The number of hydrogen-bond donors (Lipinski definition) is 0. The van der Waals surface area contributed by atoms with Gasteiger partial charge in [0.1, 0.15) is 0 Å². The molecule has 3 amide bonds. The second-order valence-electron chi connectivity index (χ2n) is 6.49. The first-order valence-electron chi connectivity index (χ1n) is 8.27. The van der Waals surface area contributed by atoms with Crippen molar-refractivity contribution in [2.45, 2.75) is 51.6 Å². The molecule has 5 nitrogen and oxygen atoms in total. The third-order valence-electron chi connectivity index (χ3n) is 4.91. The standard InChI is InChI=1S/C18H22N2O3/c1-12-6-5-7-13(2)20(12)16(21)10-11-19-17(22)14-8-3-4-9-15(14)18(19)23/h3-4,8-9,12-13H,5-7,10-11H2,1-2H3/t12-,13+. The van der Waals surface area contributed by atoms with Gasteiger partial charge < -0.3 is 4.90 Å². The Bertz CT molecular complexity index is 610. The zero-order chi connectivity index (χ0) is 16.6. The van der Waals surface area contributed by atoms with Gasteiger partial charge in [-0.1, -0.05) is 12.1 Å². The Kier molecular flexibility index (Phi) is 4.20. The van der Waals surface area contributed by atoms with Gasteiger partial charge in [0.05, 0.1) is 11.1 Å². The highest BCUT2D eigenvalue weighted by atomic mass is 16.2. The van der Waals surface area contributed by atoms with E-state index in [0.717, 1.165) is 19.3 Å². The molecule has 0 aliphatic carbocycles. The number of carbonyl (C=O) groups excluding carboxylic acids is 3. The van der Waals surface area contributed by atoms with Gasteiger partial charge in [-0.25, -0.2) is 0 Å². The van der Waals surface area contributed by atoms with Crippen molar-refractivity contribution in [2.75, 3.05) is 6.54 Å². The van der Waals surface area contributed by atoms with E-state index in [-0.39, 0.29) is 42.8 Å². The largest absolute Gasteiger partial charge is 0.337 e. The summed E-state index contributed by atoms with van der Waals surface area (Å²) in [7, 11) is 0. The summed E-state index contributed by atoms with van der Waals surface area (Å²) in [6.07, 6.45) is 3.37. The molecule has 1 aromatic carbocycles. The Balaban J connectivity index is 1.66. The third kappa shape index (κ3) is 2.76. The summed E-state index contributed by atoms with van der Waals surface area (Å²) in [5, 5.41) is 0. The minimum Gasteiger partial charge on any atom is -0.337 e. The molecule has 0 saturated carbocycles. The minimum atomic E-state index is -0.293. The number of hydrogen-bond acceptors (Lipinski definition) is 3. The first kappa shape index (κ1) is 15.7. The molecule has 0 bridgehead atoms. The van der Waals surface area contributed by atoms with E-state index in [2.05, 4.69) is 13.8 Å². The number of fused-ring (bicyclic) bond motifs is 1. The van der Waals surface area contributed by atoms with Crippen LogP contribution in [0.2, 0.25) is 0 Å². The average Bonchev–Trinajstić information content (AvgIpc) is 2.77. The van der Waals surface area contributed by atoms with E-state index >= 15 is 0 Å². The van der Waals surface area contributed by atoms with Crippen molar-refractivity contribution in [3.05, 3.63) is 35.4 Å². The van der Waals surface area contributed by atoms with Crippen LogP contribution in [-0.2, 0) is 4.79 Å². The molecule has 0 N–H and O–H groups in total. The summed E-state index contributed by atoms with van der Waals surface area (Å²) in [6, 6.07) is 7.27. The topological polar surface area (TPSA) is 57.7 Å². The fourth-order valence-corrected chi connectivity index (χ4v) is 3.69. The van der Waals surface area contributed by atoms with Crippen LogP contribution in [0.4, 0.5) is 0 Å². The van der Waals surface area contributed by atoms with Gasteiger partial charge in [0.15, 0.2) is 0 Å². The van der Waals surface area contributed by atoms with E-state index in [4.69, 9.17) is 0 Å². The summed E-state index contributed by atoms with van der Waals surface area (Å²) in [6.45, 7) is 4.28. The lowest BCUT2D eigenvalue weighted by Crippen LogP contribution is -2.48. The Morgan fingerprint density at radius 1 is 1.04 bits per heavy atom. The van der Waals surface area contributed by atoms with Crippen molar-refractivity contribution >= 4 is 17.7 Å². The number of rotatable bonds is 3. The van der Waals surface area contributed by atoms with Gasteiger partial charge in [-0.2, -0.15) is 0 Å². The van der Waals surface area contributed by atoms with Gasteiger partial charge in [0, 0.05) is 25.0 Å². The fourth-order valence-electron chi connectivity index (χ4n) is 3.69. The lowest BCUT2D eigenvalue weighted by molar-refractivity contribution is -0.137. The van der Waals surface area contributed by atoms with Gasteiger partial charge >= 0.3 is 0 Å². The zero-order valence-electron chi connectivity index (χ0n) is 13.6. The number of imide groups is 1. The van der Waals surface area contributed by atoms with Crippen LogP contribution in [0.25, 0.3) is 0 Å². The molecule has 1 aromatic rings. The summed E-state index contributed by atoms with van der Waals surface area (Å²) in [5.41, 5.74) is 0.870. The smallest absolute Gasteiger partial charge is 0.261 e. The highest BCUT2D eigenvalue weighted by molar-refractivity contribution is 6.21. The molecule has 2 atom stereocenters. The van der Waals surface area contributed by atoms with Crippen LogP contribution in [0.15, 0.2) is 24.3 Å². The van der Waals surface area contributed by atoms with E-state index in [1.54, 1.807) is 24.3 Å². The second-order valence-corrected chi connectivity index (χ2v) is 6.49. The Morgan fingerprint density at radius 2 is 1.57 bits per heavy atom. The van der Waals surface area contributed by atoms with Crippen LogP contribution in [-0.4, -0.2) is 46.1 Å². The van der Waals surface area contributed by atoms with Crippen molar-refractivity contribution in [2.24, 2.45) is 0 Å². The fraction of sp³-hybridized carbons (Fsp3) is 0.500. The maximum Gasteiger partial charge on any atom is 0.261 e. The molecule has 1 saturated heterocycles. The Morgan fingerprint density at radius 3 is 2.09 bits per heavy atom. The van der Waals surface area contributed by atoms with E-state index in [9.17, 15) is 14.4 Å². The molecule has 2 heterocycles. The van der Waals surface area contributed by atoms with Gasteiger partial charge in [0.25, 0.3) is 11.8 Å². The molecule has 2 aliphatic rings. The summed E-state index contributed by atoms with van der Waals surface area (Å²) in [4.78, 5) is 40.3. The Labute approximate surface area is 136 Å². The van der Waals surface area contributed by atoms with Crippen LogP contribution in [0.5, 0.6) is 0 Å². The number of nitrogens with zero attached hydrogens (tertiary/aromatic N) is 2. The van der Waals surface area contributed by atoms with E-state index < -0.39 is 0 Å². The molecule has 0 radical (unpaired) electrons. The van der Waals surface area contributed by atoms with Crippen LogP contribution in [0.3, 0.4) is 0 Å². The number of amides is 3. The lowest BCUT2D eigenvalue weighted by atomic mass is 9.97. The van der Waals surface area contributed by atoms with Gasteiger partial charge in [0.2, 0.25) is 5.91 Å². The molecule has 1 fully saturated rings. The predicted octanol–water partition coefficient (Wildman–Crippen LogP) is 2.46. The van der Waals surface area contributed by atoms with E-state index in [1.807, 2.05) is 4.90 Å². The van der Waals surface area contributed by atoms with Crippen molar-refractivity contribution in [1.29, 1.82) is 0 Å². The predicted molar refractivity (Wildman–Crippen MR) is 86.0 cm³/mol. The van der Waals surface area contributed by atoms with Crippen LogP contribution < -0.4 is 0 Å². The normalized spacial score (nSPS) is 24.1. The maximum absolute atomic E-state index is 12.5. The minimum absolute atomic E-state index is 0.0289. The third-order valence-corrected chi connectivity index (χ3v) is 4.91. The molecule has 0 aromatic heterocycles. The maximum atomic E-state index is 12.5. The average molecular weight is 314 g/mol.